The van der Waals surface area contributed by atoms with E-state index in [9.17, 15) is 13.2 Å². The van der Waals surface area contributed by atoms with Gasteiger partial charge >= 0.3 is 6.18 Å². The van der Waals surface area contributed by atoms with Gasteiger partial charge in [-0.15, -0.1) is 0 Å². The van der Waals surface area contributed by atoms with Crippen LogP contribution in [0.15, 0.2) is 52.3 Å². The van der Waals surface area contributed by atoms with Gasteiger partial charge in [-0.3, -0.25) is 0 Å². The highest BCUT2D eigenvalue weighted by molar-refractivity contribution is 7.99. The van der Waals surface area contributed by atoms with Crippen molar-refractivity contribution in [2.45, 2.75) is 35.7 Å². The van der Waals surface area contributed by atoms with Gasteiger partial charge in [0.1, 0.15) is 0 Å². The molecule has 2 N–H and O–H groups in total. The molecule has 0 saturated heterocycles. The van der Waals surface area contributed by atoms with Crippen LogP contribution in [0, 0.1) is 0 Å². The van der Waals surface area contributed by atoms with Crippen LogP contribution in [0.1, 0.15) is 30.9 Å². The van der Waals surface area contributed by atoms with Gasteiger partial charge in [0.15, 0.2) is 0 Å². The van der Waals surface area contributed by atoms with Gasteiger partial charge in [0.25, 0.3) is 0 Å². The molecule has 0 radical (unpaired) electrons. The number of nitrogens with two attached hydrogens (primary N) is 1. The van der Waals surface area contributed by atoms with E-state index in [0.29, 0.717) is 10.8 Å². The predicted octanol–water partition coefficient (Wildman–Crippen LogP) is 5.56. The zero-order valence-corrected chi connectivity index (χ0v) is 12.6. The summed E-state index contributed by atoms with van der Waals surface area (Å²) in [6.45, 7) is 4.19. The molecule has 21 heavy (non-hydrogen) atoms. The van der Waals surface area contributed by atoms with Crippen molar-refractivity contribution in [2.24, 2.45) is 0 Å². The van der Waals surface area contributed by atoms with Crippen LogP contribution in [0.3, 0.4) is 0 Å². The maximum absolute atomic E-state index is 12.8. The summed E-state index contributed by atoms with van der Waals surface area (Å²) in [5.41, 5.74) is 5.56. The summed E-state index contributed by atoms with van der Waals surface area (Å²) in [5, 5.41) is 0. The lowest BCUT2D eigenvalue weighted by atomic mass is 10.0. The van der Waals surface area contributed by atoms with E-state index in [0.717, 1.165) is 11.0 Å². The smallest absolute Gasteiger partial charge is 0.398 e. The molecule has 0 aliphatic heterocycles. The van der Waals surface area contributed by atoms with Gasteiger partial charge < -0.3 is 5.73 Å². The van der Waals surface area contributed by atoms with E-state index in [1.54, 1.807) is 6.07 Å². The molecular weight excluding hydrogens is 295 g/mol. The molecular formula is C16H16F3NS. The number of nitrogen functional groups attached to an aromatic ring is 1. The number of anilines is 1. The molecule has 2 aromatic rings. The zero-order chi connectivity index (χ0) is 15.6. The third-order valence-electron chi connectivity index (χ3n) is 3.11. The number of alkyl halides is 3. The molecule has 0 heterocycles. The summed E-state index contributed by atoms with van der Waals surface area (Å²) in [6, 6.07) is 11.8. The van der Waals surface area contributed by atoms with E-state index < -0.39 is 11.7 Å². The van der Waals surface area contributed by atoms with Gasteiger partial charge in [-0.25, -0.2) is 0 Å². The molecule has 0 aliphatic rings. The van der Waals surface area contributed by atoms with Gasteiger partial charge in [0.2, 0.25) is 0 Å². The van der Waals surface area contributed by atoms with Crippen molar-refractivity contribution in [3.05, 3.63) is 53.6 Å². The highest BCUT2D eigenvalue weighted by Gasteiger charge is 2.33. The lowest BCUT2D eigenvalue weighted by Crippen LogP contribution is -2.08. The van der Waals surface area contributed by atoms with Crippen LogP contribution in [0.5, 0.6) is 0 Å². The van der Waals surface area contributed by atoms with Gasteiger partial charge in [-0.2, -0.15) is 13.2 Å². The van der Waals surface area contributed by atoms with Crippen molar-refractivity contribution in [2.75, 3.05) is 5.73 Å². The summed E-state index contributed by atoms with van der Waals surface area (Å²) in [5.74, 6) is 0.428. The molecule has 2 aromatic carbocycles. The Morgan fingerprint density at radius 3 is 2.05 bits per heavy atom. The van der Waals surface area contributed by atoms with E-state index in [1.807, 2.05) is 24.3 Å². The summed E-state index contributed by atoms with van der Waals surface area (Å²) in [4.78, 5) is 1.42. The second-order valence-corrected chi connectivity index (χ2v) is 6.22. The van der Waals surface area contributed by atoms with Crippen molar-refractivity contribution in [1.29, 1.82) is 0 Å². The van der Waals surface area contributed by atoms with Crippen LogP contribution >= 0.6 is 11.8 Å². The molecule has 0 atom stereocenters. The first-order valence-electron chi connectivity index (χ1n) is 6.52. The summed E-state index contributed by atoms with van der Waals surface area (Å²) >= 11 is 1.29. The fourth-order valence-electron chi connectivity index (χ4n) is 1.90. The molecule has 0 bridgehead atoms. The van der Waals surface area contributed by atoms with E-state index in [-0.39, 0.29) is 5.69 Å². The Labute approximate surface area is 126 Å². The molecule has 0 spiro atoms. The first-order chi connectivity index (χ1) is 9.77. The van der Waals surface area contributed by atoms with E-state index in [2.05, 4.69) is 13.8 Å². The predicted molar refractivity (Wildman–Crippen MR) is 80.5 cm³/mol. The molecule has 5 heteroatoms. The summed E-state index contributed by atoms with van der Waals surface area (Å²) in [7, 11) is 0. The molecule has 2 rings (SSSR count). The Morgan fingerprint density at radius 2 is 1.52 bits per heavy atom. The second kappa shape index (κ2) is 6.02. The molecule has 0 unspecified atom stereocenters. The average molecular weight is 311 g/mol. The number of benzene rings is 2. The summed E-state index contributed by atoms with van der Waals surface area (Å²) < 4.78 is 38.5. The Hall–Kier alpha value is -1.62. The van der Waals surface area contributed by atoms with E-state index in [1.165, 1.54) is 23.4 Å². The highest BCUT2D eigenvalue weighted by atomic mass is 32.2. The van der Waals surface area contributed by atoms with Crippen LogP contribution in [-0.2, 0) is 6.18 Å². The van der Waals surface area contributed by atoms with Crippen LogP contribution in [0.2, 0.25) is 0 Å². The van der Waals surface area contributed by atoms with Crippen LogP contribution in [0.25, 0.3) is 0 Å². The van der Waals surface area contributed by atoms with Crippen LogP contribution in [-0.4, -0.2) is 0 Å². The van der Waals surface area contributed by atoms with E-state index in [4.69, 9.17) is 5.73 Å². The molecule has 0 amide bonds. The fraction of sp³-hybridized carbons (Fsp3) is 0.250. The summed E-state index contributed by atoms with van der Waals surface area (Å²) in [6.07, 6.45) is -4.43. The number of hydrogen-bond donors (Lipinski definition) is 1. The lowest BCUT2D eigenvalue weighted by Gasteiger charge is -2.12. The number of hydrogen-bond acceptors (Lipinski definition) is 2. The second-order valence-electron chi connectivity index (χ2n) is 5.07. The minimum absolute atomic E-state index is 0.248. The molecule has 0 fully saturated rings. The molecule has 112 valence electrons. The molecule has 0 saturated carbocycles. The zero-order valence-electron chi connectivity index (χ0n) is 11.7. The largest absolute Gasteiger partial charge is 0.418 e. The Kier molecular flexibility index (Phi) is 4.52. The maximum Gasteiger partial charge on any atom is 0.418 e. The monoisotopic (exact) mass is 311 g/mol. The van der Waals surface area contributed by atoms with Crippen molar-refractivity contribution in [3.8, 4) is 0 Å². The Bertz CT molecular complexity index is 618. The number of halogens is 3. The SMILES string of the molecule is CC(C)c1ccc(Sc2ccc(N)c(C(F)(F)F)c2)cc1. The van der Waals surface area contributed by atoms with Crippen LogP contribution in [0.4, 0.5) is 18.9 Å². The van der Waals surface area contributed by atoms with Crippen LogP contribution < -0.4 is 5.73 Å². The minimum atomic E-state index is -4.43. The van der Waals surface area contributed by atoms with Crippen molar-refractivity contribution in [3.63, 3.8) is 0 Å². The first kappa shape index (κ1) is 15.8. The average Bonchev–Trinajstić information content (AvgIpc) is 2.40. The van der Waals surface area contributed by atoms with Gasteiger partial charge in [-0.05, 0) is 41.8 Å². The topological polar surface area (TPSA) is 26.0 Å². The van der Waals surface area contributed by atoms with Gasteiger partial charge in [-0.1, -0.05) is 37.7 Å². The Balaban J connectivity index is 2.24. The highest BCUT2D eigenvalue weighted by Crippen LogP contribution is 2.37. The van der Waals surface area contributed by atoms with Gasteiger partial charge in [0.05, 0.1) is 5.56 Å². The Morgan fingerprint density at radius 1 is 0.952 bits per heavy atom. The first-order valence-corrected chi connectivity index (χ1v) is 7.33. The molecule has 1 nitrogen and oxygen atoms in total. The van der Waals surface area contributed by atoms with Crippen molar-refractivity contribution >= 4 is 17.4 Å². The number of rotatable bonds is 3. The van der Waals surface area contributed by atoms with Crippen molar-refractivity contribution in [1.82, 2.24) is 0 Å². The molecule has 0 aromatic heterocycles. The maximum atomic E-state index is 12.8. The van der Waals surface area contributed by atoms with Crippen molar-refractivity contribution < 1.29 is 13.2 Å². The standard InChI is InChI=1S/C16H16F3NS/c1-10(2)11-3-5-12(6-4-11)21-13-7-8-15(20)14(9-13)16(17,18)19/h3-10H,20H2,1-2H3. The lowest BCUT2D eigenvalue weighted by molar-refractivity contribution is -0.137. The fourth-order valence-corrected chi connectivity index (χ4v) is 2.76. The normalized spacial score (nSPS) is 11.9. The van der Waals surface area contributed by atoms with E-state index >= 15 is 0 Å². The quantitative estimate of drug-likeness (QED) is 0.751. The molecule has 0 aliphatic carbocycles. The third kappa shape index (κ3) is 3.94. The van der Waals surface area contributed by atoms with Gasteiger partial charge in [0, 0.05) is 15.5 Å². The third-order valence-corrected chi connectivity index (χ3v) is 4.11. The minimum Gasteiger partial charge on any atom is -0.398 e.